The van der Waals surface area contributed by atoms with E-state index < -0.39 is 23.9 Å². The molecule has 23 heavy (non-hydrogen) atoms. The number of likely N-dealkylation sites (tertiary alicyclic amines) is 1. The van der Waals surface area contributed by atoms with E-state index in [0.717, 1.165) is 0 Å². The van der Waals surface area contributed by atoms with Gasteiger partial charge >= 0.3 is 12.4 Å². The zero-order valence-corrected chi connectivity index (χ0v) is 12.9. The van der Waals surface area contributed by atoms with Crippen molar-refractivity contribution >= 4 is 16.5 Å². The normalized spacial score (nSPS) is 18.3. The van der Waals surface area contributed by atoms with Gasteiger partial charge in [-0.2, -0.15) is 26.3 Å². The molecule has 11 heteroatoms. The summed E-state index contributed by atoms with van der Waals surface area (Å²) in [5.74, 6) is 0.266. The third-order valence-electron chi connectivity index (χ3n) is 3.61. The topological polar surface area (TPSA) is 41.0 Å². The van der Waals surface area contributed by atoms with Crippen LogP contribution in [0.4, 0.5) is 31.5 Å². The van der Waals surface area contributed by atoms with Gasteiger partial charge in [0.05, 0.1) is 6.54 Å². The van der Waals surface area contributed by atoms with Crippen LogP contribution in [0, 0.1) is 5.92 Å². The van der Waals surface area contributed by atoms with E-state index in [9.17, 15) is 26.3 Å². The zero-order valence-electron chi connectivity index (χ0n) is 12.0. The molecule has 4 nitrogen and oxygen atoms in total. The molecule has 1 aliphatic heterocycles. The molecular weight excluding hydrogens is 346 g/mol. The monoisotopic (exact) mass is 362 g/mol. The molecule has 2 rings (SSSR count). The van der Waals surface area contributed by atoms with E-state index in [1.165, 1.54) is 4.90 Å². The molecule has 0 radical (unpaired) electrons. The lowest BCUT2D eigenvalue weighted by Gasteiger charge is -2.32. The van der Waals surface area contributed by atoms with Gasteiger partial charge in [-0.05, 0) is 38.3 Å². The highest BCUT2D eigenvalue weighted by atomic mass is 32.1. The van der Waals surface area contributed by atoms with Crippen LogP contribution < -0.4 is 5.32 Å². The zero-order chi connectivity index (χ0) is 17.1. The van der Waals surface area contributed by atoms with Crippen molar-refractivity contribution in [2.75, 3.05) is 31.5 Å². The summed E-state index contributed by atoms with van der Waals surface area (Å²) >= 11 is 0.442. The lowest BCUT2D eigenvalue weighted by atomic mass is 9.93. The molecule has 0 saturated carbocycles. The van der Waals surface area contributed by atoms with Crippen molar-refractivity contribution in [1.82, 2.24) is 15.1 Å². The SMILES string of the molecule is FC(F)(F)CN1CCC(CCNc2nnc(C(F)(F)F)s2)CC1. The second-order valence-corrected chi connectivity index (χ2v) is 6.44. The standard InChI is InChI=1S/C12H16F6N4S/c13-11(14,15)7-22-5-2-8(3-6-22)1-4-19-10-21-20-9(23-10)12(16,17)18/h8H,1-7H2,(H,19,21). The maximum Gasteiger partial charge on any atom is 0.445 e. The number of hydrogen-bond acceptors (Lipinski definition) is 5. The molecule has 0 spiro atoms. The summed E-state index contributed by atoms with van der Waals surface area (Å²) in [6.07, 6.45) is -6.69. The highest BCUT2D eigenvalue weighted by molar-refractivity contribution is 7.15. The lowest BCUT2D eigenvalue weighted by Crippen LogP contribution is -2.40. The predicted molar refractivity (Wildman–Crippen MR) is 73.2 cm³/mol. The quantitative estimate of drug-likeness (QED) is 0.812. The molecule has 1 aromatic heterocycles. The fourth-order valence-corrected chi connectivity index (χ4v) is 3.12. The highest BCUT2D eigenvalue weighted by Crippen LogP contribution is 2.33. The Hall–Kier alpha value is -1.10. The van der Waals surface area contributed by atoms with E-state index >= 15 is 0 Å². The van der Waals surface area contributed by atoms with E-state index in [2.05, 4.69) is 15.5 Å². The van der Waals surface area contributed by atoms with E-state index in [-0.39, 0.29) is 11.0 Å². The fourth-order valence-electron chi connectivity index (χ4n) is 2.48. The summed E-state index contributed by atoms with van der Waals surface area (Å²) in [5, 5.41) is 8.38. The summed E-state index contributed by atoms with van der Waals surface area (Å²) in [4.78, 5) is 1.38. The van der Waals surface area contributed by atoms with Crippen molar-refractivity contribution in [2.24, 2.45) is 5.92 Å². The first kappa shape index (κ1) is 18.2. The Labute approximate surface area is 132 Å². The van der Waals surface area contributed by atoms with Gasteiger partial charge in [-0.15, -0.1) is 10.2 Å². The molecule has 0 bridgehead atoms. The first-order valence-electron chi connectivity index (χ1n) is 7.07. The number of nitrogens with zero attached hydrogens (tertiary/aromatic N) is 3. The van der Waals surface area contributed by atoms with Gasteiger partial charge in [0.1, 0.15) is 0 Å². The average molecular weight is 362 g/mol. The van der Waals surface area contributed by atoms with Gasteiger partial charge in [0.15, 0.2) is 0 Å². The molecule has 0 amide bonds. The average Bonchev–Trinajstić information content (AvgIpc) is 2.88. The Kier molecular flexibility index (Phi) is 5.71. The Morgan fingerprint density at radius 1 is 1.09 bits per heavy atom. The van der Waals surface area contributed by atoms with Crippen molar-refractivity contribution in [1.29, 1.82) is 0 Å². The van der Waals surface area contributed by atoms with Gasteiger partial charge in [-0.1, -0.05) is 11.3 Å². The summed E-state index contributed by atoms with van der Waals surface area (Å²) < 4.78 is 73.9. The third-order valence-corrected chi connectivity index (χ3v) is 4.53. The van der Waals surface area contributed by atoms with Crippen molar-refractivity contribution in [3.8, 4) is 0 Å². The molecule has 0 aliphatic carbocycles. The number of anilines is 1. The van der Waals surface area contributed by atoms with Gasteiger partial charge < -0.3 is 5.32 Å². The van der Waals surface area contributed by atoms with E-state index in [4.69, 9.17) is 0 Å². The van der Waals surface area contributed by atoms with E-state index in [1.54, 1.807) is 0 Å². The number of alkyl halides is 6. The van der Waals surface area contributed by atoms with Crippen molar-refractivity contribution in [3.63, 3.8) is 0 Å². The summed E-state index contributed by atoms with van der Waals surface area (Å²) in [7, 11) is 0. The maximum absolute atomic E-state index is 12.4. The second-order valence-electron chi connectivity index (χ2n) is 5.46. The molecule has 1 aromatic rings. The van der Waals surface area contributed by atoms with Crippen molar-refractivity contribution in [2.45, 2.75) is 31.6 Å². The van der Waals surface area contributed by atoms with Crippen LogP contribution in [0.25, 0.3) is 0 Å². The van der Waals surface area contributed by atoms with Crippen LogP contribution in [-0.4, -0.2) is 47.5 Å². The highest BCUT2D eigenvalue weighted by Gasteiger charge is 2.35. The first-order valence-corrected chi connectivity index (χ1v) is 7.89. The maximum atomic E-state index is 12.4. The summed E-state index contributed by atoms with van der Waals surface area (Å²) in [5.41, 5.74) is 0. The third kappa shape index (κ3) is 6.13. The van der Waals surface area contributed by atoms with Gasteiger partial charge in [0.25, 0.3) is 0 Å². The number of halogens is 6. The summed E-state index contributed by atoms with van der Waals surface area (Å²) in [6.45, 7) is 0.321. The Bertz CT molecular complexity index is 492. The van der Waals surface area contributed by atoms with Crippen LogP contribution >= 0.6 is 11.3 Å². The number of hydrogen-bond donors (Lipinski definition) is 1. The largest absolute Gasteiger partial charge is 0.445 e. The smallest absolute Gasteiger partial charge is 0.360 e. The van der Waals surface area contributed by atoms with Gasteiger partial charge in [-0.3, -0.25) is 4.90 Å². The van der Waals surface area contributed by atoms with Gasteiger partial charge in [0.2, 0.25) is 10.1 Å². The molecule has 1 N–H and O–H groups in total. The van der Waals surface area contributed by atoms with Crippen LogP contribution in [-0.2, 0) is 6.18 Å². The minimum atomic E-state index is -4.50. The number of piperidine rings is 1. The minimum Gasteiger partial charge on any atom is -0.360 e. The lowest BCUT2D eigenvalue weighted by molar-refractivity contribution is -0.148. The van der Waals surface area contributed by atoms with Gasteiger partial charge in [0, 0.05) is 6.54 Å². The molecule has 132 valence electrons. The molecule has 0 atom stereocenters. The molecule has 0 unspecified atom stereocenters. The van der Waals surface area contributed by atoms with Gasteiger partial charge in [-0.25, -0.2) is 0 Å². The Morgan fingerprint density at radius 3 is 2.26 bits per heavy atom. The molecule has 0 aromatic carbocycles. The first-order chi connectivity index (χ1) is 10.6. The minimum absolute atomic E-state index is 0.104. The van der Waals surface area contributed by atoms with E-state index in [1.807, 2.05) is 0 Å². The number of nitrogens with one attached hydrogen (secondary N) is 1. The predicted octanol–water partition coefficient (Wildman–Crippen LogP) is 3.63. The van der Waals surface area contributed by atoms with E-state index in [0.29, 0.717) is 50.2 Å². The second kappa shape index (κ2) is 7.20. The number of rotatable bonds is 5. The van der Waals surface area contributed by atoms with Crippen LogP contribution in [0.5, 0.6) is 0 Å². The molecule has 1 aliphatic rings. The molecular formula is C12H16F6N4S. The van der Waals surface area contributed by atoms with Crippen molar-refractivity contribution in [3.05, 3.63) is 5.01 Å². The van der Waals surface area contributed by atoms with Crippen molar-refractivity contribution < 1.29 is 26.3 Å². The van der Waals surface area contributed by atoms with Crippen LogP contribution in [0.1, 0.15) is 24.3 Å². The number of aromatic nitrogens is 2. The van der Waals surface area contributed by atoms with Crippen LogP contribution in [0.3, 0.4) is 0 Å². The Balaban J connectivity index is 1.67. The Morgan fingerprint density at radius 2 is 1.74 bits per heavy atom. The molecule has 1 saturated heterocycles. The summed E-state index contributed by atoms with van der Waals surface area (Å²) in [6, 6.07) is 0. The van der Waals surface area contributed by atoms with Crippen LogP contribution in [0.15, 0.2) is 0 Å². The van der Waals surface area contributed by atoms with Crippen LogP contribution in [0.2, 0.25) is 0 Å². The molecule has 2 heterocycles. The molecule has 1 fully saturated rings. The fraction of sp³-hybridized carbons (Fsp3) is 0.833.